The van der Waals surface area contributed by atoms with Crippen LogP contribution in [-0.4, -0.2) is 112 Å². The highest BCUT2D eigenvalue weighted by atomic mass is 19.1. The van der Waals surface area contributed by atoms with Gasteiger partial charge in [-0.3, -0.25) is 19.7 Å². The summed E-state index contributed by atoms with van der Waals surface area (Å²) >= 11 is 0. The molecule has 3 unspecified atom stereocenters. The minimum atomic E-state index is -0.518. The van der Waals surface area contributed by atoms with Crippen molar-refractivity contribution in [2.75, 3.05) is 60.7 Å². The first-order chi connectivity index (χ1) is 22.2. The van der Waals surface area contributed by atoms with Crippen LogP contribution < -0.4 is 5.73 Å². The number of amidine groups is 1. The summed E-state index contributed by atoms with van der Waals surface area (Å²) in [6.45, 7) is 12.4. The van der Waals surface area contributed by atoms with Gasteiger partial charge in [0.25, 0.3) is 5.91 Å². The number of nitrogens with two attached hydrogens (primary N) is 1. The van der Waals surface area contributed by atoms with Gasteiger partial charge in [0.1, 0.15) is 18.7 Å². The fourth-order valence-corrected chi connectivity index (χ4v) is 7.30. The molecule has 0 saturated carbocycles. The Kier molecular flexibility index (Phi) is 13.1. The van der Waals surface area contributed by atoms with E-state index in [1.54, 1.807) is 27.3 Å². The Hall–Kier alpha value is -3.37. The van der Waals surface area contributed by atoms with E-state index in [4.69, 9.17) is 20.5 Å². The van der Waals surface area contributed by atoms with E-state index in [0.29, 0.717) is 31.6 Å². The van der Waals surface area contributed by atoms with Crippen molar-refractivity contribution in [2.45, 2.75) is 83.3 Å². The molecule has 4 aliphatic rings. The summed E-state index contributed by atoms with van der Waals surface area (Å²) < 4.78 is 17.9. The monoisotopic (exact) mass is 635 g/mol. The Bertz CT molecular complexity index is 1340. The molecule has 1 aromatic carbocycles. The van der Waals surface area contributed by atoms with Gasteiger partial charge in [-0.05, 0) is 100 Å². The van der Waals surface area contributed by atoms with E-state index in [0.717, 1.165) is 74.4 Å². The van der Waals surface area contributed by atoms with Crippen LogP contribution >= 0.6 is 0 Å². The predicted octanol–water partition coefficient (Wildman–Crippen LogP) is 5.05. The lowest BCUT2D eigenvalue weighted by atomic mass is 9.79. The average molecular weight is 636 g/mol. The van der Waals surface area contributed by atoms with Crippen LogP contribution in [0.3, 0.4) is 0 Å². The highest BCUT2D eigenvalue weighted by Crippen LogP contribution is 2.40. The molecule has 252 valence electrons. The normalized spacial score (nSPS) is 24.2. The highest BCUT2D eigenvalue weighted by molar-refractivity contribution is 6.07. The van der Waals surface area contributed by atoms with Crippen LogP contribution in [0.1, 0.15) is 74.5 Å². The molecule has 1 amide bonds. The van der Waals surface area contributed by atoms with Crippen molar-refractivity contribution in [3.05, 3.63) is 57.9 Å². The van der Waals surface area contributed by atoms with E-state index in [1.165, 1.54) is 34.4 Å². The molecule has 46 heavy (non-hydrogen) atoms. The molecule has 0 spiro atoms. The molecule has 2 saturated heterocycles. The molecule has 3 aliphatic heterocycles. The van der Waals surface area contributed by atoms with Crippen molar-refractivity contribution in [1.29, 1.82) is 0 Å². The van der Waals surface area contributed by atoms with Crippen LogP contribution in [0.15, 0.2) is 56.2 Å². The molecule has 1 aromatic rings. The van der Waals surface area contributed by atoms with Crippen LogP contribution in [-0.2, 0) is 16.0 Å². The van der Waals surface area contributed by atoms with Gasteiger partial charge >= 0.3 is 0 Å². The van der Waals surface area contributed by atoms with Gasteiger partial charge in [-0.2, -0.15) is 0 Å². The van der Waals surface area contributed by atoms with E-state index in [-0.39, 0.29) is 18.3 Å². The third-order valence-corrected chi connectivity index (χ3v) is 9.56. The minimum absolute atomic E-state index is 0.180. The number of carbonyl (C=O) groups excluding carboxylic acids is 1. The second-order valence-electron chi connectivity index (χ2n) is 13.0. The molecule has 1 aliphatic carbocycles. The van der Waals surface area contributed by atoms with Gasteiger partial charge in [-0.25, -0.2) is 9.38 Å². The summed E-state index contributed by atoms with van der Waals surface area (Å²) in [5.41, 5.74) is 13.4. The summed E-state index contributed by atoms with van der Waals surface area (Å²) in [4.78, 5) is 32.3. The molecule has 10 heteroatoms. The average Bonchev–Trinajstić information content (AvgIpc) is 3.54. The number of hydrogen-bond donors (Lipinski definition) is 1. The Morgan fingerprint density at radius 1 is 1.26 bits per heavy atom. The van der Waals surface area contributed by atoms with Gasteiger partial charge < -0.3 is 20.3 Å². The van der Waals surface area contributed by atoms with Crippen molar-refractivity contribution >= 4 is 24.2 Å². The number of methoxy groups -OCH3 is 1. The fraction of sp³-hybridized carbons (Fsp3) is 0.611. The number of ether oxygens (including phenoxy) is 1. The van der Waals surface area contributed by atoms with Crippen molar-refractivity contribution < 1.29 is 13.9 Å². The number of rotatable bonds is 8. The number of likely N-dealkylation sites (N-methyl/N-ethyl adjacent to an activating group) is 1. The van der Waals surface area contributed by atoms with Gasteiger partial charge in [0.15, 0.2) is 0 Å². The number of halogens is 1. The molecule has 9 nitrogen and oxygen atoms in total. The number of hydrogen-bond acceptors (Lipinski definition) is 7. The topological polar surface area (TPSA) is 99.1 Å². The van der Waals surface area contributed by atoms with E-state index in [2.05, 4.69) is 53.6 Å². The second kappa shape index (κ2) is 17.0. The fourth-order valence-electron chi connectivity index (χ4n) is 7.30. The molecule has 3 heterocycles. The number of allylic oxidation sites excluding steroid dienone is 1. The van der Waals surface area contributed by atoms with Crippen LogP contribution in [0.25, 0.3) is 0 Å². The first kappa shape index (κ1) is 35.5. The van der Waals surface area contributed by atoms with E-state index in [9.17, 15) is 9.18 Å². The maximum Gasteiger partial charge on any atom is 0.269 e. The standard InChI is InChI=1S/C29H42N6O2.C7H12FN/c1-7-23-20(2)10-8-11-24(23)21-12-13-25(27(16-21)31-3)28(33-19-37-6)35-15-9-14-32-22(18-35)17-26(30)29(36)34(4)5;8-6-4-7-2-1-3-9(7)5-6/h8,10-11,17,21H,3,7,9,12-16,18-19,30H2,1-2,4-6H3;6-7H,1-5H2/b26-17-,33-28+;. The Balaban J connectivity index is 0.000000451. The third kappa shape index (κ3) is 8.91. The molecule has 2 N–H and O–H groups in total. The molecule has 0 aromatic heterocycles. The minimum Gasteiger partial charge on any atom is -0.394 e. The Morgan fingerprint density at radius 3 is 2.76 bits per heavy atom. The molecule has 3 atom stereocenters. The maximum absolute atomic E-state index is 12.6. The zero-order chi connectivity index (χ0) is 33.2. The molecule has 0 radical (unpaired) electrons. The van der Waals surface area contributed by atoms with Crippen LogP contribution in [0.2, 0.25) is 0 Å². The number of benzene rings is 1. The molecule has 5 rings (SSSR count). The number of nitrogens with zero attached hydrogens (tertiary/aromatic N) is 6. The van der Waals surface area contributed by atoms with Crippen molar-refractivity contribution in [2.24, 2.45) is 20.7 Å². The van der Waals surface area contributed by atoms with E-state index >= 15 is 0 Å². The van der Waals surface area contributed by atoms with Crippen molar-refractivity contribution in [1.82, 2.24) is 14.7 Å². The molecule has 2 fully saturated rings. The Morgan fingerprint density at radius 2 is 2.07 bits per heavy atom. The Labute approximate surface area is 275 Å². The highest BCUT2D eigenvalue weighted by Gasteiger charge is 2.35. The predicted molar refractivity (Wildman–Crippen MR) is 187 cm³/mol. The number of fused-ring (bicyclic) bond motifs is 1. The molecular formula is C36H54FN7O2. The summed E-state index contributed by atoms with van der Waals surface area (Å²) in [6, 6.07) is 7.24. The van der Waals surface area contributed by atoms with Gasteiger partial charge in [0.05, 0.1) is 18.0 Å². The summed E-state index contributed by atoms with van der Waals surface area (Å²) in [5, 5.41) is 0. The number of amides is 1. The summed E-state index contributed by atoms with van der Waals surface area (Å²) in [5.74, 6) is 1.06. The SMILES string of the molecule is C=NC1=C(/C(=N\COC)N2CCCN=C(/C=C(\N)C(=O)N(C)C)C2)CCC(c2cccc(C)c2CC)C1.FC1CC2CCCN2C1. The van der Waals surface area contributed by atoms with Crippen molar-refractivity contribution in [3.63, 3.8) is 0 Å². The largest absolute Gasteiger partial charge is 0.394 e. The zero-order valence-electron chi connectivity index (χ0n) is 28.6. The number of aliphatic imine (C=N–C) groups is 3. The summed E-state index contributed by atoms with van der Waals surface area (Å²) in [7, 11) is 5.02. The number of aryl methyl sites for hydroxylation is 1. The lowest BCUT2D eigenvalue weighted by Gasteiger charge is -2.32. The van der Waals surface area contributed by atoms with Crippen LogP contribution in [0.4, 0.5) is 4.39 Å². The lowest BCUT2D eigenvalue weighted by Crippen LogP contribution is -2.38. The quantitative estimate of drug-likeness (QED) is 0.245. The van der Waals surface area contributed by atoms with Crippen LogP contribution in [0.5, 0.6) is 0 Å². The van der Waals surface area contributed by atoms with E-state index < -0.39 is 6.17 Å². The zero-order valence-corrected chi connectivity index (χ0v) is 28.6. The number of alkyl halides is 1. The van der Waals surface area contributed by atoms with Gasteiger partial charge in [0.2, 0.25) is 0 Å². The lowest BCUT2D eigenvalue weighted by molar-refractivity contribution is -0.124. The molecule has 0 bridgehead atoms. The maximum atomic E-state index is 12.6. The third-order valence-electron chi connectivity index (χ3n) is 9.56. The van der Waals surface area contributed by atoms with Gasteiger partial charge in [-0.15, -0.1) is 0 Å². The van der Waals surface area contributed by atoms with Gasteiger partial charge in [-0.1, -0.05) is 25.1 Å². The van der Waals surface area contributed by atoms with Gasteiger partial charge in [0, 0.05) is 58.2 Å². The molecular weight excluding hydrogens is 581 g/mol. The van der Waals surface area contributed by atoms with E-state index in [1.807, 2.05) is 0 Å². The first-order valence-corrected chi connectivity index (χ1v) is 16.8. The van der Waals surface area contributed by atoms with Crippen LogP contribution in [0, 0.1) is 6.92 Å². The first-order valence-electron chi connectivity index (χ1n) is 16.8. The van der Waals surface area contributed by atoms with Crippen molar-refractivity contribution in [3.8, 4) is 0 Å². The summed E-state index contributed by atoms with van der Waals surface area (Å²) in [6.07, 6.45) is 9.12. The second-order valence-corrected chi connectivity index (χ2v) is 13.0. The smallest absolute Gasteiger partial charge is 0.269 e. The number of carbonyl (C=O) groups is 1.